The van der Waals surface area contributed by atoms with Crippen LogP contribution in [-0.4, -0.2) is 32.8 Å². The molecular weight excluding hydrogens is 510 g/mol. The van der Waals surface area contributed by atoms with Gasteiger partial charge < -0.3 is 25.6 Å². The van der Waals surface area contributed by atoms with E-state index in [-0.39, 0.29) is 17.0 Å². The molecule has 0 saturated carbocycles. The SMILES string of the molecule is O=c1[nH]c2c(O)ccc(CC(O)(O)NCCc3cccc(-c4cccc(CNCc5ccccc5)c4)c3)c2s1. The van der Waals surface area contributed by atoms with Crippen LogP contribution in [0, 0.1) is 0 Å². The van der Waals surface area contributed by atoms with Gasteiger partial charge in [-0.25, -0.2) is 0 Å². The van der Waals surface area contributed by atoms with Gasteiger partial charge in [0.1, 0.15) is 11.3 Å². The number of phenols is 1. The monoisotopic (exact) mass is 541 g/mol. The third kappa shape index (κ3) is 7.00. The maximum Gasteiger partial charge on any atom is 0.305 e. The molecule has 0 atom stereocenters. The lowest BCUT2D eigenvalue weighted by Crippen LogP contribution is -2.47. The van der Waals surface area contributed by atoms with Crippen molar-refractivity contribution in [1.29, 1.82) is 0 Å². The molecule has 0 radical (unpaired) electrons. The normalized spacial score (nSPS) is 11.7. The van der Waals surface area contributed by atoms with E-state index in [0.717, 1.165) is 41.1 Å². The molecule has 1 heterocycles. The molecule has 5 aromatic rings. The number of fused-ring (bicyclic) bond motifs is 1. The highest BCUT2D eigenvalue weighted by atomic mass is 32.1. The fraction of sp³-hybridized carbons (Fsp3) is 0.194. The van der Waals surface area contributed by atoms with E-state index in [1.54, 1.807) is 6.07 Å². The molecule has 0 aliphatic rings. The summed E-state index contributed by atoms with van der Waals surface area (Å²) >= 11 is 0.933. The molecule has 6 N–H and O–H groups in total. The number of hydrogen-bond acceptors (Lipinski definition) is 7. The van der Waals surface area contributed by atoms with Gasteiger partial charge in [0.2, 0.25) is 5.91 Å². The van der Waals surface area contributed by atoms with Crippen LogP contribution in [0.2, 0.25) is 0 Å². The van der Waals surface area contributed by atoms with Crippen LogP contribution in [-0.2, 0) is 25.9 Å². The Labute approximate surface area is 230 Å². The van der Waals surface area contributed by atoms with Crippen LogP contribution < -0.4 is 15.5 Å². The van der Waals surface area contributed by atoms with Crippen LogP contribution in [0.25, 0.3) is 21.3 Å². The number of aromatic hydroxyl groups is 1. The van der Waals surface area contributed by atoms with Crippen molar-refractivity contribution < 1.29 is 15.3 Å². The third-order valence-corrected chi connectivity index (χ3v) is 7.54. The van der Waals surface area contributed by atoms with Crippen molar-refractivity contribution in [2.24, 2.45) is 0 Å². The number of aromatic amines is 1. The predicted octanol–water partition coefficient (Wildman–Crippen LogP) is 4.27. The van der Waals surface area contributed by atoms with Crippen LogP contribution in [0.1, 0.15) is 22.3 Å². The number of nitrogens with one attached hydrogen (secondary N) is 3. The Morgan fingerprint density at radius 2 is 1.46 bits per heavy atom. The van der Waals surface area contributed by atoms with Gasteiger partial charge in [0, 0.05) is 26.1 Å². The highest BCUT2D eigenvalue weighted by Crippen LogP contribution is 2.29. The second-order valence-corrected chi connectivity index (χ2v) is 10.6. The van der Waals surface area contributed by atoms with Gasteiger partial charge >= 0.3 is 4.87 Å². The first-order chi connectivity index (χ1) is 18.9. The Kier molecular flexibility index (Phi) is 8.21. The number of benzene rings is 4. The average molecular weight is 542 g/mol. The minimum Gasteiger partial charge on any atom is -0.506 e. The maximum absolute atomic E-state index is 11.7. The fourth-order valence-electron chi connectivity index (χ4n) is 4.66. The maximum atomic E-state index is 11.7. The van der Waals surface area contributed by atoms with Gasteiger partial charge in [-0.3, -0.25) is 10.1 Å². The summed E-state index contributed by atoms with van der Waals surface area (Å²) in [5.74, 6) is -2.22. The number of hydrogen-bond donors (Lipinski definition) is 6. The van der Waals surface area contributed by atoms with Gasteiger partial charge in [-0.1, -0.05) is 90.2 Å². The summed E-state index contributed by atoms with van der Waals surface area (Å²) in [6, 6.07) is 30.1. The quantitative estimate of drug-likeness (QED) is 0.139. The predicted molar refractivity (Wildman–Crippen MR) is 156 cm³/mol. The zero-order valence-corrected chi connectivity index (χ0v) is 22.2. The Morgan fingerprint density at radius 1 is 0.795 bits per heavy atom. The molecule has 4 aromatic carbocycles. The van der Waals surface area contributed by atoms with E-state index < -0.39 is 5.91 Å². The van der Waals surface area contributed by atoms with Gasteiger partial charge in [0.05, 0.1) is 4.70 Å². The summed E-state index contributed by atoms with van der Waals surface area (Å²) in [6.45, 7) is 1.92. The van der Waals surface area contributed by atoms with Crippen LogP contribution in [0.3, 0.4) is 0 Å². The van der Waals surface area contributed by atoms with Crippen molar-refractivity contribution in [3.8, 4) is 16.9 Å². The van der Waals surface area contributed by atoms with E-state index in [1.165, 1.54) is 17.2 Å². The van der Waals surface area contributed by atoms with Gasteiger partial charge in [-0.05, 0) is 51.9 Å². The minimum absolute atomic E-state index is 0.0459. The summed E-state index contributed by atoms with van der Waals surface area (Å²) < 4.78 is 0.513. The largest absolute Gasteiger partial charge is 0.506 e. The lowest BCUT2D eigenvalue weighted by atomic mass is 10.00. The smallest absolute Gasteiger partial charge is 0.305 e. The standard InChI is InChI=1S/C31H31N3O4S/c35-27-13-12-26(29-28(27)34-30(36)39-29)18-31(37,38)33-15-14-21-8-4-10-24(16-21)25-11-5-9-23(17-25)20-32-19-22-6-2-1-3-7-22/h1-13,16-17,32-33,35,37-38H,14-15,18-20H2,(H,34,36). The first kappa shape index (κ1) is 26.8. The van der Waals surface area contributed by atoms with Crippen LogP contribution in [0.5, 0.6) is 5.75 Å². The third-order valence-electron chi connectivity index (χ3n) is 6.59. The van der Waals surface area contributed by atoms with E-state index in [0.29, 0.717) is 28.7 Å². The number of aromatic nitrogens is 1. The van der Waals surface area contributed by atoms with Crippen LogP contribution >= 0.6 is 11.3 Å². The van der Waals surface area contributed by atoms with E-state index in [4.69, 9.17) is 0 Å². The molecule has 0 aliphatic carbocycles. The number of rotatable bonds is 11. The zero-order chi connectivity index (χ0) is 27.2. The number of phenolic OH excluding ortho intramolecular Hbond substituents is 1. The first-order valence-corrected chi connectivity index (χ1v) is 13.6. The molecule has 7 nitrogen and oxygen atoms in total. The molecule has 8 heteroatoms. The molecule has 1 aromatic heterocycles. The molecule has 0 aliphatic heterocycles. The van der Waals surface area contributed by atoms with Crippen LogP contribution in [0.4, 0.5) is 0 Å². The van der Waals surface area contributed by atoms with Gasteiger partial charge in [-0.2, -0.15) is 0 Å². The van der Waals surface area contributed by atoms with Crippen molar-refractivity contribution in [2.75, 3.05) is 6.54 Å². The Balaban J connectivity index is 1.18. The molecule has 0 saturated heterocycles. The summed E-state index contributed by atoms with van der Waals surface area (Å²) in [4.78, 5) is 14.0. The topological polar surface area (TPSA) is 118 Å². The molecule has 5 rings (SSSR count). The Hall–Kier alpha value is -3.79. The highest BCUT2D eigenvalue weighted by Gasteiger charge is 2.25. The fourth-order valence-corrected chi connectivity index (χ4v) is 5.53. The van der Waals surface area contributed by atoms with Crippen molar-refractivity contribution in [3.05, 3.63) is 123 Å². The van der Waals surface area contributed by atoms with Crippen molar-refractivity contribution >= 4 is 21.6 Å². The van der Waals surface area contributed by atoms with E-state index in [1.807, 2.05) is 30.3 Å². The zero-order valence-electron chi connectivity index (χ0n) is 21.4. The molecule has 200 valence electrons. The summed E-state index contributed by atoms with van der Waals surface area (Å²) in [7, 11) is 0. The second kappa shape index (κ2) is 11.9. The lowest BCUT2D eigenvalue weighted by Gasteiger charge is -2.23. The average Bonchev–Trinajstić information content (AvgIpc) is 3.34. The molecule has 0 amide bonds. The number of thiazole rings is 1. The number of aliphatic hydroxyl groups is 2. The lowest BCUT2D eigenvalue weighted by molar-refractivity contribution is -0.183. The molecule has 0 unspecified atom stereocenters. The molecule has 0 spiro atoms. The van der Waals surface area contributed by atoms with Gasteiger partial charge in [0.25, 0.3) is 0 Å². The van der Waals surface area contributed by atoms with Crippen molar-refractivity contribution in [2.45, 2.75) is 31.8 Å². The van der Waals surface area contributed by atoms with Gasteiger partial charge in [-0.15, -0.1) is 0 Å². The molecular formula is C31H31N3O4S. The second-order valence-electron chi connectivity index (χ2n) is 9.62. The summed E-state index contributed by atoms with van der Waals surface area (Å²) in [6.07, 6.45) is 0.459. The van der Waals surface area contributed by atoms with Crippen molar-refractivity contribution in [3.63, 3.8) is 0 Å². The van der Waals surface area contributed by atoms with E-state index in [9.17, 15) is 20.1 Å². The molecule has 0 bridgehead atoms. The summed E-state index contributed by atoms with van der Waals surface area (Å²) in [5.41, 5.74) is 6.63. The Bertz CT molecular complexity index is 1610. The van der Waals surface area contributed by atoms with E-state index in [2.05, 4.69) is 64.1 Å². The highest BCUT2D eigenvalue weighted by molar-refractivity contribution is 7.16. The minimum atomic E-state index is -2.17. The molecule has 0 fully saturated rings. The van der Waals surface area contributed by atoms with Gasteiger partial charge in [0.15, 0.2) is 0 Å². The van der Waals surface area contributed by atoms with Crippen LogP contribution in [0.15, 0.2) is 95.8 Å². The number of H-pyrrole nitrogens is 1. The Morgan fingerprint density at radius 3 is 2.23 bits per heavy atom. The van der Waals surface area contributed by atoms with E-state index >= 15 is 0 Å². The first-order valence-electron chi connectivity index (χ1n) is 12.8. The summed E-state index contributed by atoms with van der Waals surface area (Å²) in [5, 5.41) is 37.4. The van der Waals surface area contributed by atoms with Crippen molar-refractivity contribution in [1.82, 2.24) is 15.6 Å². The molecule has 39 heavy (non-hydrogen) atoms.